The van der Waals surface area contributed by atoms with Gasteiger partial charge in [0.15, 0.2) is 0 Å². The Labute approximate surface area is 159 Å². The Morgan fingerprint density at radius 1 is 1.21 bits per heavy atom. The Morgan fingerprint density at radius 2 is 1.96 bits per heavy atom. The summed E-state index contributed by atoms with van der Waals surface area (Å²) in [4.78, 5) is 12.4. The zero-order chi connectivity index (χ0) is 20.1. The Balaban J connectivity index is 1.78. The molecule has 0 aliphatic heterocycles. The van der Waals surface area contributed by atoms with Crippen molar-refractivity contribution in [2.45, 2.75) is 4.90 Å². The maximum Gasteiger partial charge on any atom is 0.255 e. The van der Waals surface area contributed by atoms with Gasteiger partial charge in [-0.25, -0.2) is 22.2 Å². The van der Waals surface area contributed by atoms with E-state index in [-0.39, 0.29) is 22.7 Å². The summed E-state index contributed by atoms with van der Waals surface area (Å²) in [5.74, 6) is -1.24. The molecule has 144 valence electrons. The lowest BCUT2D eigenvalue weighted by molar-refractivity contribution is 0.102. The molecular weight excluding hydrogens is 387 g/mol. The van der Waals surface area contributed by atoms with Crippen LogP contribution in [0.2, 0.25) is 0 Å². The van der Waals surface area contributed by atoms with Gasteiger partial charge in [-0.2, -0.15) is 0 Å². The first-order valence-electron chi connectivity index (χ1n) is 7.95. The summed E-state index contributed by atoms with van der Waals surface area (Å²) in [5.41, 5.74) is 0.550. The van der Waals surface area contributed by atoms with E-state index < -0.39 is 21.7 Å². The number of sulfonamides is 1. The molecule has 3 aromatic rings. The molecule has 2 aromatic carbocycles. The number of anilines is 1. The van der Waals surface area contributed by atoms with Crippen molar-refractivity contribution in [3.63, 3.8) is 0 Å². The van der Waals surface area contributed by atoms with Gasteiger partial charge in [-0.15, -0.1) is 11.7 Å². The van der Waals surface area contributed by atoms with E-state index in [0.717, 1.165) is 0 Å². The van der Waals surface area contributed by atoms with Crippen molar-refractivity contribution in [2.24, 2.45) is 0 Å². The van der Waals surface area contributed by atoms with Gasteiger partial charge >= 0.3 is 0 Å². The van der Waals surface area contributed by atoms with Crippen LogP contribution in [0, 0.1) is 5.82 Å². The largest absolute Gasteiger partial charge is 0.319 e. The highest BCUT2D eigenvalue weighted by atomic mass is 32.2. The number of carbonyl (C=O) groups excluding carboxylic acids is 1. The number of nitrogens with one attached hydrogen (secondary N) is 2. The van der Waals surface area contributed by atoms with Crippen LogP contribution in [0.4, 0.5) is 10.1 Å². The maximum atomic E-state index is 14.1. The number of hydrogen-bond acceptors (Lipinski definition) is 6. The van der Waals surface area contributed by atoms with Crippen molar-refractivity contribution in [3.05, 3.63) is 72.8 Å². The van der Waals surface area contributed by atoms with Crippen molar-refractivity contribution in [1.82, 2.24) is 24.9 Å². The fourth-order valence-electron chi connectivity index (χ4n) is 2.26. The molecule has 0 aliphatic rings. The minimum atomic E-state index is -3.70. The van der Waals surface area contributed by atoms with Crippen LogP contribution in [0.25, 0.3) is 5.69 Å². The average Bonchev–Trinajstić information content (AvgIpc) is 3.23. The minimum absolute atomic E-state index is 0.00207. The van der Waals surface area contributed by atoms with Gasteiger partial charge in [-0.3, -0.25) is 4.79 Å². The van der Waals surface area contributed by atoms with Gasteiger partial charge in [0.05, 0.1) is 16.3 Å². The van der Waals surface area contributed by atoms with Crippen LogP contribution < -0.4 is 10.0 Å². The van der Waals surface area contributed by atoms with Gasteiger partial charge in [0.1, 0.15) is 12.1 Å². The molecule has 1 amide bonds. The fraction of sp³-hybridized carbons (Fsp3) is 0.0588. The average molecular weight is 402 g/mol. The summed E-state index contributed by atoms with van der Waals surface area (Å²) >= 11 is 0. The van der Waals surface area contributed by atoms with Gasteiger partial charge < -0.3 is 5.32 Å². The van der Waals surface area contributed by atoms with Crippen molar-refractivity contribution < 1.29 is 17.6 Å². The molecular formula is C17H15FN6O3S. The van der Waals surface area contributed by atoms with Gasteiger partial charge in [0.25, 0.3) is 5.91 Å². The number of tetrazole rings is 1. The van der Waals surface area contributed by atoms with Crippen LogP contribution in [0.15, 0.2) is 66.3 Å². The number of benzene rings is 2. The molecule has 0 aliphatic carbocycles. The van der Waals surface area contributed by atoms with Crippen LogP contribution in [-0.4, -0.2) is 41.1 Å². The van der Waals surface area contributed by atoms with Crippen molar-refractivity contribution in [3.8, 4) is 5.69 Å². The highest BCUT2D eigenvalue weighted by Gasteiger charge is 2.15. The molecule has 0 atom stereocenters. The summed E-state index contributed by atoms with van der Waals surface area (Å²) in [6, 6.07) is 9.25. The quantitative estimate of drug-likeness (QED) is 0.579. The van der Waals surface area contributed by atoms with E-state index in [4.69, 9.17) is 0 Å². The smallest absolute Gasteiger partial charge is 0.255 e. The van der Waals surface area contributed by atoms with E-state index >= 15 is 0 Å². The highest BCUT2D eigenvalue weighted by Crippen LogP contribution is 2.19. The molecule has 11 heteroatoms. The monoisotopic (exact) mass is 402 g/mol. The third-order valence-electron chi connectivity index (χ3n) is 3.66. The fourth-order valence-corrected chi connectivity index (χ4v) is 3.26. The number of nitrogens with zero attached hydrogens (tertiary/aromatic N) is 4. The molecule has 0 saturated carbocycles. The molecule has 0 radical (unpaired) electrons. The number of aromatic nitrogens is 4. The Morgan fingerprint density at radius 3 is 2.61 bits per heavy atom. The van der Waals surface area contributed by atoms with E-state index in [0.29, 0.717) is 5.69 Å². The number of amides is 1. The number of halogens is 1. The topological polar surface area (TPSA) is 119 Å². The lowest BCUT2D eigenvalue weighted by Crippen LogP contribution is -2.23. The second-order valence-corrected chi connectivity index (χ2v) is 7.30. The Hall–Kier alpha value is -3.44. The zero-order valence-corrected chi connectivity index (χ0v) is 15.2. The first-order chi connectivity index (χ1) is 13.4. The second-order valence-electron chi connectivity index (χ2n) is 5.54. The molecule has 0 unspecified atom stereocenters. The zero-order valence-electron chi connectivity index (χ0n) is 14.4. The van der Waals surface area contributed by atoms with Gasteiger partial charge in [-0.05, 0) is 52.9 Å². The molecule has 0 bridgehead atoms. The van der Waals surface area contributed by atoms with Crippen LogP contribution in [0.1, 0.15) is 10.4 Å². The SMILES string of the molecule is C=CCNS(=O)(=O)c1ccc(C(=O)Nc2cc(-n3cnnn3)ccc2F)cc1. The van der Waals surface area contributed by atoms with Crippen molar-refractivity contribution in [1.29, 1.82) is 0 Å². The van der Waals surface area contributed by atoms with Crippen molar-refractivity contribution in [2.75, 3.05) is 11.9 Å². The van der Waals surface area contributed by atoms with Crippen LogP contribution in [-0.2, 0) is 10.0 Å². The summed E-state index contributed by atoms with van der Waals surface area (Å²) in [6.07, 6.45) is 2.75. The number of hydrogen-bond donors (Lipinski definition) is 2. The predicted molar refractivity (Wildman–Crippen MR) is 98.9 cm³/mol. The molecule has 0 spiro atoms. The van der Waals surface area contributed by atoms with Crippen LogP contribution in [0.5, 0.6) is 0 Å². The summed E-state index contributed by atoms with van der Waals surface area (Å²) in [5, 5.41) is 13.1. The third kappa shape index (κ3) is 4.27. The number of carbonyl (C=O) groups is 1. The molecule has 9 nitrogen and oxygen atoms in total. The molecule has 1 aromatic heterocycles. The van der Waals surface area contributed by atoms with E-state index in [1.54, 1.807) is 0 Å². The van der Waals surface area contributed by atoms with Crippen LogP contribution in [0.3, 0.4) is 0 Å². The maximum absolute atomic E-state index is 14.1. The summed E-state index contributed by atoms with van der Waals surface area (Å²) in [6.45, 7) is 3.53. The van der Waals surface area contributed by atoms with E-state index in [1.165, 1.54) is 59.5 Å². The molecule has 2 N–H and O–H groups in total. The molecule has 1 heterocycles. The lowest BCUT2D eigenvalue weighted by Gasteiger charge is -2.09. The molecule has 0 fully saturated rings. The minimum Gasteiger partial charge on any atom is -0.319 e. The lowest BCUT2D eigenvalue weighted by atomic mass is 10.2. The van der Waals surface area contributed by atoms with E-state index in [9.17, 15) is 17.6 Å². The normalized spacial score (nSPS) is 11.2. The van der Waals surface area contributed by atoms with E-state index in [2.05, 4.69) is 32.1 Å². The van der Waals surface area contributed by atoms with Crippen LogP contribution >= 0.6 is 0 Å². The summed E-state index contributed by atoms with van der Waals surface area (Å²) < 4.78 is 41.8. The van der Waals surface area contributed by atoms with Gasteiger partial charge in [0.2, 0.25) is 10.0 Å². The Kier molecular flexibility index (Phi) is 5.57. The first kappa shape index (κ1) is 19.3. The Bertz CT molecular complexity index is 1100. The van der Waals surface area contributed by atoms with Crippen molar-refractivity contribution >= 4 is 21.6 Å². The molecule has 0 saturated heterocycles. The standard InChI is InChI=1S/C17H15FN6O3S/c1-2-9-20-28(26,27)14-6-3-12(4-7-14)17(25)21-16-10-13(5-8-15(16)18)24-11-19-22-23-24/h2-8,10-11,20H,1,9H2,(H,21,25). The molecule has 3 rings (SSSR count). The number of rotatable bonds is 7. The first-order valence-corrected chi connectivity index (χ1v) is 9.44. The predicted octanol–water partition coefficient (Wildman–Crippen LogP) is 1.52. The molecule has 28 heavy (non-hydrogen) atoms. The highest BCUT2D eigenvalue weighted by molar-refractivity contribution is 7.89. The third-order valence-corrected chi connectivity index (χ3v) is 5.10. The van der Waals surface area contributed by atoms with E-state index in [1.807, 2.05) is 0 Å². The summed E-state index contributed by atoms with van der Waals surface area (Å²) in [7, 11) is -3.70. The van der Waals surface area contributed by atoms with Gasteiger partial charge in [-0.1, -0.05) is 6.08 Å². The van der Waals surface area contributed by atoms with Gasteiger partial charge in [0, 0.05) is 12.1 Å². The second kappa shape index (κ2) is 8.06.